The summed E-state index contributed by atoms with van der Waals surface area (Å²) in [4.78, 5) is 73.1. The summed E-state index contributed by atoms with van der Waals surface area (Å²) in [6, 6.07) is 0. The third-order valence-corrected chi connectivity index (χ3v) is 19.4. The summed E-state index contributed by atoms with van der Waals surface area (Å²) in [5, 5.41) is 10.7. The molecule has 602 valence electrons. The molecule has 17 nitrogen and oxygen atoms in total. The molecule has 19 heteroatoms. The summed E-state index contributed by atoms with van der Waals surface area (Å²) in [6.45, 7) is 4.73. The fourth-order valence-electron chi connectivity index (χ4n) is 11.2. The minimum absolute atomic E-state index is 0.0546. The number of phosphoric acid groups is 2. The van der Waals surface area contributed by atoms with Gasteiger partial charge in [-0.3, -0.25) is 37.3 Å². The van der Waals surface area contributed by atoms with Crippen molar-refractivity contribution in [3.8, 4) is 0 Å². The number of hydrogen-bond acceptors (Lipinski definition) is 15. The molecule has 5 atom stereocenters. The van der Waals surface area contributed by atoms with Gasteiger partial charge in [0.2, 0.25) is 0 Å². The first kappa shape index (κ1) is 100.0. The van der Waals surface area contributed by atoms with Crippen LogP contribution < -0.4 is 0 Å². The maximum Gasteiger partial charge on any atom is 0.472 e. The number of carbonyl (C=O) groups is 4. The van der Waals surface area contributed by atoms with E-state index in [1.807, 2.05) is 0 Å². The fourth-order valence-corrected chi connectivity index (χ4v) is 12.8. The summed E-state index contributed by atoms with van der Waals surface area (Å²) in [7, 11) is -9.97. The molecule has 0 aromatic carbocycles. The highest BCUT2D eigenvalue weighted by Crippen LogP contribution is 2.45. The van der Waals surface area contributed by atoms with Gasteiger partial charge >= 0.3 is 39.5 Å². The molecule has 0 aliphatic heterocycles. The van der Waals surface area contributed by atoms with Crippen molar-refractivity contribution in [2.45, 2.75) is 380 Å². The van der Waals surface area contributed by atoms with Crippen LogP contribution in [0.15, 0.2) is 97.2 Å². The summed E-state index contributed by atoms with van der Waals surface area (Å²) in [5.41, 5.74) is 0. The van der Waals surface area contributed by atoms with Gasteiger partial charge in [-0.1, -0.05) is 285 Å². The predicted octanol–water partition coefficient (Wildman–Crippen LogP) is 24.3. The van der Waals surface area contributed by atoms with Crippen LogP contribution in [0.3, 0.4) is 0 Å². The van der Waals surface area contributed by atoms with Crippen molar-refractivity contribution in [3.63, 3.8) is 0 Å². The molecule has 0 aliphatic rings. The molecule has 0 saturated heterocycles. The van der Waals surface area contributed by atoms with E-state index < -0.39 is 97.5 Å². The molecular weight excluding hydrogens is 1350 g/mol. The molecule has 0 aromatic heterocycles. The van der Waals surface area contributed by atoms with Crippen molar-refractivity contribution in [2.75, 3.05) is 39.6 Å². The Balaban J connectivity index is 5.40. The van der Waals surface area contributed by atoms with Crippen molar-refractivity contribution in [1.82, 2.24) is 0 Å². The number of rotatable bonds is 78. The van der Waals surface area contributed by atoms with Crippen molar-refractivity contribution in [3.05, 3.63) is 97.2 Å². The quantitative estimate of drug-likeness (QED) is 0.0169. The van der Waals surface area contributed by atoms with Crippen LogP contribution in [0.1, 0.15) is 362 Å². The van der Waals surface area contributed by atoms with Gasteiger partial charge in [0, 0.05) is 25.7 Å². The first-order chi connectivity index (χ1) is 50.7. The number of aliphatic hydroxyl groups excluding tert-OH is 1. The van der Waals surface area contributed by atoms with Crippen LogP contribution in [0.4, 0.5) is 0 Å². The Kier molecular flexibility index (Phi) is 74.2. The molecule has 0 rings (SSSR count). The zero-order chi connectivity index (χ0) is 76.0. The lowest BCUT2D eigenvalue weighted by atomic mass is 10.1. The van der Waals surface area contributed by atoms with E-state index >= 15 is 0 Å². The smallest absolute Gasteiger partial charge is 0.462 e. The molecule has 104 heavy (non-hydrogen) atoms. The molecule has 2 unspecified atom stereocenters. The maximum absolute atomic E-state index is 13.1. The van der Waals surface area contributed by atoms with Crippen LogP contribution in [0.2, 0.25) is 0 Å². The second kappa shape index (κ2) is 77.1. The molecule has 0 radical (unpaired) electrons. The Labute approximate surface area is 633 Å². The van der Waals surface area contributed by atoms with Crippen molar-refractivity contribution < 1.29 is 80.2 Å². The van der Waals surface area contributed by atoms with Crippen LogP contribution in [-0.2, 0) is 65.4 Å². The number of hydrogen-bond donors (Lipinski definition) is 3. The van der Waals surface area contributed by atoms with Gasteiger partial charge in [0.1, 0.15) is 19.3 Å². The normalized spacial score (nSPS) is 14.3. The summed E-state index contributed by atoms with van der Waals surface area (Å²) in [5.74, 6) is -2.21. The Bertz CT molecular complexity index is 2350. The van der Waals surface area contributed by atoms with Crippen LogP contribution in [0.5, 0.6) is 0 Å². The monoisotopic (exact) mass is 1510 g/mol. The lowest BCUT2D eigenvalue weighted by Gasteiger charge is -2.21. The molecule has 0 saturated carbocycles. The van der Waals surface area contributed by atoms with Crippen molar-refractivity contribution in [1.29, 1.82) is 0 Å². The second-order valence-corrected chi connectivity index (χ2v) is 30.6. The average molecular weight is 1510 g/mol. The Morgan fingerprint density at radius 1 is 0.279 bits per heavy atom. The zero-order valence-corrected chi connectivity index (χ0v) is 67.7. The molecule has 0 bridgehead atoms. The third-order valence-electron chi connectivity index (χ3n) is 17.5. The van der Waals surface area contributed by atoms with Crippen molar-refractivity contribution >= 4 is 39.5 Å². The zero-order valence-electron chi connectivity index (χ0n) is 65.9. The predicted molar refractivity (Wildman–Crippen MR) is 427 cm³/mol. The highest BCUT2D eigenvalue weighted by Gasteiger charge is 2.30. The topological polar surface area (TPSA) is 237 Å². The van der Waals surface area contributed by atoms with E-state index in [2.05, 4.69) is 125 Å². The van der Waals surface area contributed by atoms with Gasteiger partial charge in [-0.2, -0.15) is 0 Å². The SMILES string of the molecule is CC/C=C\C/C=C\C/C=C\C/C=C\C/C=C\CCCCCC(=O)O[C@H](COC(=O)CCCCCCC/C=C\CCCCCCCC)COP(=O)(O)OC[C@@H](O)COP(=O)(O)OC[C@@H](COC(=O)CCCCCCCCC/C=C\CCCCCC)OC(=O)CCCCCCCCC/C=C\CCCCCC. The van der Waals surface area contributed by atoms with Gasteiger partial charge in [-0.15, -0.1) is 0 Å². The highest BCUT2D eigenvalue weighted by atomic mass is 31.2. The van der Waals surface area contributed by atoms with Gasteiger partial charge in [-0.25, -0.2) is 9.13 Å². The van der Waals surface area contributed by atoms with E-state index in [1.165, 1.54) is 103 Å². The van der Waals surface area contributed by atoms with Crippen LogP contribution in [0.25, 0.3) is 0 Å². The first-order valence-corrected chi connectivity index (χ1v) is 44.5. The third kappa shape index (κ3) is 76.2. The first-order valence-electron chi connectivity index (χ1n) is 41.5. The Morgan fingerprint density at radius 3 is 0.798 bits per heavy atom. The molecule has 0 fully saturated rings. The average Bonchev–Trinajstić information content (AvgIpc) is 0.943. The van der Waals surface area contributed by atoms with Gasteiger partial charge in [0.15, 0.2) is 12.2 Å². The van der Waals surface area contributed by atoms with Gasteiger partial charge < -0.3 is 33.8 Å². The lowest BCUT2D eigenvalue weighted by Crippen LogP contribution is -2.30. The number of carbonyl (C=O) groups excluding carboxylic acids is 4. The highest BCUT2D eigenvalue weighted by molar-refractivity contribution is 7.47. The van der Waals surface area contributed by atoms with Crippen LogP contribution in [0, 0.1) is 0 Å². The largest absolute Gasteiger partial charge is 0.472 e. The second-order valence-electron chi connectivity index (χ2n) is 27.7. The molecular formula is C85H150O17P2. The number of phosphoric ester groups is 2. The maximum atomic E-state index is 13.1. The fraction of sp³-hybridized carbons (Fsp3) is 0.765. The number of allylic oxidation sites excluding steroid dienone is 16. The molecule has 0 heterocycles. The number of unbranched alkanes of at least 4 members (excludes halogenated alkanes) is 36. The van der Waals surface area contributed by atoms with Crippen molar-refractivity contribution in [2.24, 2.45) is 0 Å². The van der Waals surface area contributed by atoms with Gasteiger partial charge in [-0.05, 0) is 148 Å². The van der Waals surface area contributed by atoms with Gasteiger partial charge in [0.25, 0.3) is 0 Å². The molecule has 0 spiro atoms. The standard InChI is InChI=1S/C85H150O17P2/c1-5-9-13-17-21-25-29-33-37-38-39-40-44-48-52-56-60-64-68-72-85(90)102-81(76-96-83(88)70-66-62-58-54-50-46-42-35-31-27-23-19-15-11-7-3)78-100-104(93,94)98-74-79(86)73-97-103(91,92)99-77-80(101-84(89)71-67-63-59-55-51-47-43-36-32-28-24-20-16-12-8-4)75-95-82(87)69-65-61-57-53-49-45-41-34-30-26-22-18-14-10-6-2/h9,13,21,25-26,28,30,32-33,35,37,39-40,42,48,52,79-81,86H,5-8,10-12,14-20,22-24,27,29,31,34,36,38,41,43-47,49-51,53-78H2,1-4H3,(H,91,92)(H,93,94)/b13-9-,25-21-,30-26-,32-28-,37-33-,40-39-,42-35-,52-48-/t79-,80+,81+/m0/s1. The Hall–Kier alpha value is -4.02. The van der Waals surface area contributed by atoms with Crippen LogP contribution >= 0.6 is 15.6 Å². The summed E-state index contributed by atoms with van der Waals surface area (Å²) < 4.78 is 68.7. The summed E-state index contributed by atoms with van der Waals surface area (Å²) in [6.07, 6.45) is 82.3. The van der Waals surface area contributed by atoms with Crippen LogP contribution in [-0.4, -0.2) is 96.7 Å². The van der Waals surface area contributed by atoms with E-state index in [0.717, 1.165) is 180 Å². The minimum Gasteiger partial charge on any atom is -0.462 e. The van der Waals surface area contributed by atoms with E-state index in [0.29, 0.717) is 25.7 Å². The van der Waals surface area contributed by atoms with E-state index in [9.17, 15) is 43.2 Å². The van der Waals surface area contributed by atoms with E-state index in [-0.39, 0.29) is 25.7 Å². The van der Waals surface area contributed by atoms with Gasteiger partial charge in [0.05, 0.1) is 26.4 Å². The minimum atomic E-state index is -4.99. The molecule has 0 aromatic rings. The molecule has 3 N–H and O–H groups in total. The molecule has 0 aliphatic carbocycles. The Morgan fingerprint density at radius 2 is 0.500 bits per heavy atom. The van der Waals surface area contributed by atoms with E-state index in [1.54, 1.807) is 0 Å². The lowest BCUT2D eigenvalue weighted by molar-refractivity contribution is -0.161. The molecule has 0 amide bonds. The number of ether oxygens (including phenoxy) is 4. The number of aliphatic hydroxyl groups is 1. The van der Waals surface area contributed by atoms with E-state index in [4.69, 9.17) is 37.0 Å². The summed E-state index contributed by atoms with van der Waals surface area (Å²) >= 11 is 0. The number of esters is 4.